The molecule has 472 valence electrons. The molecule has 0 fully saturated rings. The minimum absolute atomic E-state index is 0.0394. The number of hydrogen-bond donors (Lipinski definition) is 0. The highest BCUT2D eigenvalue weighted by molar-refractivity contribution is 5.94. The van der Waals surface area contributed by atoms with E-state index in [9.17, 15) is 0 Å². The predicted molar refractivity (Wildman–Crippen MR) is 400 cm³/mol. The molecule has 16 aromatic rings. The summed E-state index contributed by atoms with van der Waals surface area (Å²) in [6, 6.07) is 109. The first-order valence-corrected chi connectivity index (χ1v) is 33.9. The lowest BCUT2D eigenvalue weighted by molar-refractivity contribution is 0.224. The van der Waals surface area contributed by atoms with Crippen LogP contribution in [0.5, 0.6) is 11.5 Å². The van der Waals surface area contributed by atoms with Gasteiger partial charge in [-0.05, 0) is 107 Å². The fraction of sp³-hybridized carbons (Fsp3) is 0.0444. The van der Waals surface area contributed by atoms with Crippen molar-refractivity contribution in [2.24, 2.45) is 0 Å². The van der Waals surface area contributed by atoms with Gasteiger partial charge < -0.3 is 18.6 Å². The van der Waals surface area contributed by atoms with Gasteiger partial charge in [-0.1, -0.05) is 255 Å². The summed E-state index contributed by atoms with van der Waals surface area (Å²) >= 11 is 0. The Labute approximate surface area is 577 Å². The van der Waals surface area contributed by atoms with Crippen molar-refractivity contribution in [3.63, 3.8) is 0 Å². The van der Waals surface area contributed by atoms with Crippen LogP contribution in [0.1, 0.15) is 57.7 Å². The van der Waals surface area contributed by atoms with Crippen LogP contribution in [0.4, 0.5) is 0 Å². The van der Waals surface area contributed by atoms with E-state index in [1.165, 1.54) is 55.3 Å². The van der Waals surface area contributed by atoms with Gasteiger partial charge in [0.2, 0.25) is 0 Å². The lowest BCUT2D eigenvalue weighted by atomic mass is 9.85. The highest BCUT2D eigenvalue weighted by atomic mass is 16.5. The molecule has 100 heavy (non-hydrogen) atoms. The maximum Gasteiger partial charge on any atom is 0.164 e. The largest absolute Gasteiger partial charge is 0.484 e. The van der Waals surface area contributed by atoms with Gasteiger partial charge >= 0.3 is 0 Å². The molecule has 4 unspecified atom stereocenters. The molecule has 20 rings (SSSR count). The summed E-state index contributed by atoms with van der Waals surface area (Å²) in [6.45, 7) is 0. The van der Waals surface area contributed by atoms with Gasteiger partial charge in [0, 0.05) is 89.6 Å². The summed E-state index contributed by atoms with van der Waals surface area (Å²) in [4.78, 5) is 29.9. The Bertz CT molecular complexity index is 5780. The van der Waals surface area contributed by atoms with Crippen molar-refractivity contribution in [1.82, 2.24) is 39.0 Å². The topological polar surface area (TPSA) is 106 Å². The maximum absolute atomic E-state index is 6.88. The van der Waals surface area contributed by atoms with Crippen LogP contribution in [0.25, 0.3) is 136 Å². The van der Waals surface area contributed by atoms with E-state index in [4.69, 9.17) is 39.4 Å². The Morgan fingerprint density at radius 3 is 0.920 bits per heavy atom. The summed E-state index contributed by atoms with van der Waals surface area (Å²) in [5.41, 5.74) is 22.0. The zero-order valence-corrected chi connectivity index (χ0v) is 54.0. The van der Waals surface area contributed by atoms with Crippen LogP contribution in [-0.2, 0) is 0 Å². The molecule has 6 heterocycles. The molecule has 4 aliphatic rings. The molecule has 0 bridgehead atoms. The zero-order chi connectivity index (χ0) is 66.0. The zero-order valence-electron chi connectivity index (χ0n) is 54.0. The maximum atomic E-state index is 6.88. The van der Waals surface area contributed by atoms with Gasteiger partial charge in [-0.25, -0.2) is 29.9 Å². The average Bonchev–Trinajstić information content (AvgIpc) is 1.57. The van der Waals surface area contributed by atoms with Crippen molar-refractivity contribution < 1.29 is 9.47 Å². The molecule has 0 N–H and O–H groups in total. The normalized spacial score (nSPS) is 15.7. The summed E-state index contributed by atoms with van der Waals surface area (Å²) in [7, 11) is 0. The van der Waals surface area contributed by atoms with Crippen molar-refractivity contribution in [2.45, 2.75) is 24.0 Å². The van der Waals surface area contributed by atoms with E-state index in [2.05, 4.69) is 252 Å². The van der Waals surface area contributed by atoms with Crippen molar-refractivity contribution in [1.29, 1.82) is 0 Å². The minimum Gasteiger partial charge on any atom is -0.484 e. The monoisotopic (exact) mass is 1280 g/mol. The Morgan fingerprint density at radius 2 is 0.530 bits per heavy atom. The highest BCUT2D eigenvalue weighted by Gasteiger charge is 2.42. The molecular formula is C90H60N8O2. The fourth-order valence-corrected chi connectivity index (χ4v) is 14.9. The summed E-state index contributed by atoms with van der Waals surface area (Å²) in [5.74, 6) is 5.76. The first-order chi connectivity index (χ1) is 49.6. The minimum atomic E-state index is -0.160. The molecule has 0 amide bonds. The number of rotatable bonds is 10. The molecule has 0 saturated heterocycles. The van der Waals surface area contributed by atoms with E-state index in [1.807, 2.05) is 97.1 Å². The van der Waals surface area contributed by atoms with Gasteiger partial charge in [0.05, 0.1) is 22.4 Å². The molecule has 4 atom stereocenters. The number of hydrogen-bond acceptors (Lipinski definition) is 8. The van der Waals surface area contributed by atoms with Gasteiger partial charge in [0.15, 0.2) is 34.9 Å². The summed E-state index contributed by atoms with van der Waals surface area (Å²) in [6.07, 6.45) is 8.86. The van der Waals surface area contributed by atoms with Crippen LogP contribution in [0.15, 0.2) is 328 Å². The fourth-order valence-electron chi connectivity index (χ4n) is 14.9. The third-order valence-electron chi connectivity index (χ3n) is 19.7. The van der Waals surface area contributed by atoms with E-state index >= 15 is 0 Å². The number of benzene rings is 12. The SMILES string of the molecule is C1=CC2c3cc(-c4nc(-c5ccccc5)nc(-c5ccc(-c6ccccc6)cc5)n4)ccc3OC2c2c1n(-c1ccc(-c3ccccc3)cc1)c1ccccc21.C1=CC2c3cc(-c4nc(-c5ccccc5)nc(-c5ccccc5)n4)ccc3OC2c2c1n(-c1ccccc1)c1ccccc21. The quantitative estimate of drug-likeness (QED) is 0.133. The molecule has 10 heteroatoms. The third kappa shape index (κ3) is 10.3. The summed E-state index contributed by atoms with van der Waals surface area (Å²) in [5, 5.41) is 2.42. The third-order valence-corrected chi connectivity index (χ3v) is 19.7. The Hall–Kier alpha value is -13.2. The van der Waals surface area contributed by atoms with Crippen molar-refractivity contribution in [3.05, 3.63) is 361 Å². The molecule has 2 aliphatic carbocycles. The molecule has 12 aromatic carbocycles. The lowest BCUT2D eigenvalue weighted by Gasteiger charge is -2.22. The average molecular weight is 1290 g/mol. The van der Waals surface area contributed by atoms with Crippen LogP contribution in [0.2, 0.25) is 0 Å². The summed E-state index contributed by atoms with van der Waals surface area (Å²) < 4.78 is 18.3. The molecule has 0 radical (unpaired) electrons. The second-order valence-electron chi connectivity index (χ2n) is 25.6. The van der Waals surface area contributed by atoms with Crippen LogP contribution < -0.4 is 9.47 Å². The molecule has 4 aromatic heterocycles. The van der Waals surface area contributed by atoms with Gasteiger partial charge in [-0.3, -0.25) is 0 Å². The molecule has 0 saturated carbocycles. The highest BCUT2D eigenvalue weighted by Crippen LogP contribution is 2.56. The van der Waals surface area contributed by atoms with Crippen molar-refractivity contribution >= 4 is 34.0 Å². The van der Waals surface area contributed by atoms with Crippen molar-refractivity contribution in [3.8, 4) is 113 Å². The first-order valence-electron chi connectivity index (χ1n) is 33.9. The van der Waals surface area contributed by atoms with Crippen molar-refractivity contribution in [2.75, 3.05) is 0 Å². The Kier molecular flexibility index (Phi) is 14.2. The van der Waals surface area contributed by atoms with E-state index in [0.29, 0.717) is 34.9 Å². The Morgan fingerprint density at radius 1 is 0.250 bits per heavy atom. The van der Waals surface area contributed by atoms with E-state index in [-0.39, 0.29) is 24.0 Å². The van der Waals surface area contributed by atoms with Gasteiger partial charge in [-0.15, -0.1) is 0 Å². The predicted octanol–water partition coefficient (Wildman–Crippen LogP) is 21.5. The molecular weight excluding hydrogens is 1230 g/mol. The first kappa shape index (κ1) is 58.2. The molecule has 10 nitrogen and oxygen atoms in total. The van der Waals surface area contributed by atoms with Crippen LogP contribution in [0, 0.1) is 0 Å². The van der Waals surface area contributed by atoms with Crippen LogP contribution >= 0.6 is 0 Å². The second-order valence-corrected chi connectivity index (χ2v) is 25.6. The molecule has 0 spiro atoms. The van der Waals surface area contributed by atoms with E-state index in [0.717, 1.165) is 78.6 Å². The van der Waals surface area contributed by atoms with Gasteiger partial charge in [-0.2, -0.15) is 0 Å². The van der Waals surface area contributed by atoms with E-state index in [1.54, 1.807) is 0 Å². The van der Waals surface area contributed by atoms with Crippen LogP contribution in [-0.4, -0.2) is 39.0 Å². The lowest BCUT2D eigenvalue weighted by Crippen LogP contribution is -2.13. The van der Waals surface area contributed by atoms with Gasteiger partial charge in [0.25, 0.3) is 0 Å². The number of ether oxygens (including phenoxy) is 2. The van der Waals surface area contributed by atoms with Crippen LogP contribution in [0.3, 0.4) is 0 Å². The number of nitrogens with zero attached hydrogens (tertiary/aromatic N) is 8. The molecule has 2 aliphatic heterocycles. The van der Waals surface area contributed by atoms with Gasteiger partial charge in [0.1, 0.15) is 23.7 Å². The standard InChI is InChI=1S/C51H34N4O.C39H26N4O/c1-4-12-33(13-5-1)35-20-22-38(23-21-35)50-52-49(37-16-8-3-9-17-37)53-51(54-50)39-26-31-46-43(32-39)41-29-30-45-47(48(41)56-46)42-18-10-11-19-44(42)55(45)40-27-24-36(25-28-40)34-14-6-2-7-15-34;1-4-12-25(13-5-1)37-40-38(26-14-6-2-7-15-26)42-39(41-37)27-20-23-34-31(24-27)29-21-22-33-35(36(29)44-34)30-18-10-11-19-32(30)43(33)28-16-8-3-9-17-28/h1-32,41,48H;1-24,29,36H. The number of fused-ring (bicyclic) bond motifs is 14. The number of para-hydroxylation sites is 3. The van der Waals surface area contributed by atoms with E-state index < -0.39 is 0 Å². The second kappa shape index (κ2) is 24.5. The Balaban J connectivity index is 0.000000143. The number of aromatic nitrogens is 8. The smallest absolute Gasteiger partial charge is 0.164 e.